The first-order chi connectivity index (χ1) is 14.7. The molecular formula is C21H24N2O6S2. The molecule has 2 amide bonds. The van der Waals surface area contributed by atoms with E-state index in [4.69, 9.17) is 9.47 Å². The van der Waals surface area contributed by atoms with E-state index in [0.717, 1.165) is 4.90 Å². The van der Waals surface area contributed by atoms with Crippen molar-refractivity contribution in [3.63, 3.8) is 0 Å². The minimum Gasteiger partial charge on any atom is -0.497 e. The maximum atomic E-state index is 12.8. The lowest BCUT2D eigenvalue weighted by Crippen LogP contribution is -2.20. The quantitative estimate of drug-likeness (QED) is 0.647. The molecule has 10 heteroatoms. The zero-order chi connectivity index (χ0) is 22.6. The van der Waals surface area contributed by atoms with Crippen molar-refractivity contribution in [1.82, 2.24) is 0 Å². The van der Waals surface area contributed by atoms with Gasteiger partial charge in [0.2, 0.25) is 11.8 Å². The highest BCUT2D eigenvalue weighted by Gasteiger charge is 2.23. The number of benzene rings is 2. The largest absolute Gasteiger partial charge is 0.497 e. The van der Waals surface area contributed by atoms with E-state index in [2.05, 4.69) is 10.6 Å². The molecule has 0 unspecified atom stereocenters. The van der Waals surface area contributed by atoms with Crippen LogP contribution in [0.25, 0.3) is 0 Å². The molecule has 2 N–H and O–H groups in total. The number of carbonyl (C=O) groups is 2. The average molecular weight is 465 g/mol. The average Bonchev–Trinajstić information content (AvgIpc) is 2.90. The summed E-state index contributed by atoms with van der Waals surface area (Å²) in [5.74, 6) is 0.429. The number of amides is 2. The molecule has 1 aliphatic rings. The number of ether oxygens (including phenoxy) is 2. The summed E-state index contributed by atoms with van der Waals surface area (Å²) in [5, 5.41) is 5.44. The Kier molecular flexibility index (Phi) is 7.11. The summed E-state index contributed by atoms with van der Waals surface area (Å²) in [6.45, 7) is 1.82. The summed E-state index contributed by atoms with van der Waals surface area (Å²) in [6, 6.07) is 9.58. The summed E-state index contributed by atoms with van der Waals surface area (Å²) in [6.07, 6.45) is -0.238. The second-order valence-corrected chi connectivity index (χ2v) is 10.2. The third kappa shape index (κ3) is 5.50. The Morgan fingerprint density at radius 3 is 2.68 bits per heavy atom. The third-order valence-electron chi connectivity index (χ3n) is 4.78. The number of methoxy groups -OCH3 is 2. The van der Waals surface area contributed by atoms with Crippen LogP contribution in [0.15, 0.2) is 46.2 Å². The smallest absolute Gasteiger partial charge is 0.228 e. The molecule has 31 heavy (non-hydrogen) atoms. The lowest BCUT2D eigenvalue weighted by molar-refractivity contribution is -0.118. The molecule has 1 aliphatic heterocycles. The molecule has 3 rings (SSSR count). The maximum absolute atomic E-state index is 12.8. The van der Waals surface area contributed by atoms with Crippen LogP contribution in [0.1, 0.15) is 13.3 Å². The molecule has 0 aromatic heterocycles. The van der Waals surface area contributed by atoms with E-state index >= 15 is 0 Å². The van der Waals surface area contributed by atoms with E-state index in [9.17, 15) is 18.0 Å². The molecule has 1 heterocycles. The molecule has 8 nitrogen and oxygen atoms in total. The lowest BCUT2D eigenvalue weighted by Gasteiger charge is -2.12. The van der Waals surface area contributed by atoms with Crippen LogP contribution in [0.4, 0.5) is 11.4 Å². The van der Waals surface area contributed by atoms with Crippen LogP contribution in [-0.2, 0) is 19.4 Å². The second-order valence-electron chi connectivity index (χ2n) is 7.04. The minimum atomic E-state index is -3.73. The fraction of sp³-hybridized carbons (Fsp3) is 0.333. The van der Waals surface area contributed by atoms with E-state index in [1.165, 1.54) is 38.1 Å². The molecule has 0 radical (unpaired) electrons. The molecule has 2 aromatic carbocycles. The van der Waals surface area contributed by atoms with Crippen LogP contribution in [0, 0.1) is 5.92 Å². The van der Waals surface area contributed by atoms with Gasteiger partial charge in [-0.3, -0.25) is 9.59 Å². The van der Waals surface area contributed by atoms with Crippen molar-refractivity contribution in [1.29, 1.82) is 0 Å². The lowest BCUT2D eigenvalue weighted by atomic mass is 10.2. The van der Waals surface area contributed by atoms with E-state index in [-0.39, 0.29) is 28.9 Å². The van der Waals surface area contributed by atoms with Crippen LogP contribution >= 0.6 is 11.8 Å². The van der Waals surface area contributed by atoms with Crippen LogP contribution in [0.2, 0.25) is 0 Å². The number of hydrogen-bond acceptors (Lipinski definition) is 7. The summed E-state index contributed by atoms with van der Waals surface area (Å²) >= 11 is 1.50. The molecule has 0 bridgehead atoms. The molecule has 166 valence electrons. The predicted octanol–water partition coefficient (Wildman–Crippen LogP) is 3.19. The SMILES string of the molecule is COc1ccc(OC)c(NC(=O)CCS(=O)(=O)c2ccc3c(c2)NC(=O)[C@@H](C)CS3)c1. The van der Waals surface area contributed by atoms with Gasteiger partial charge in [-0.15, -0.1) is 11.8 Å². The van der Waals surface area contributed by atoms with Crippen LogP contribution < -0.4 is 20.1 Å². The van der Waals surface area contributed by atoms with Crippen molar-refractivity contribution in [2.45, 2.75) is 23.1 Å². The summed E-state index contributed by atoms with van der Waals surface area (Å²) < 4.78 is 35.9. The van der Waals surface area contributed by atoms with Gasteiger partial charge in [-0.2, -0.15) is 0 Å². The van der Waals surface area contributed by atoms with Crippen molar-refractivity contribution in [2.24, 2.45) is 5.92 Å². The molecule has 0 saturated heterocycles. The second kappa shape index (κ2) is 9.61. The van der Waals surface area contributed by atoms with Gasteiger partial charge in [-0.25, -0.2) is 8.42 Å². The van der Waals surface area contributed by atoms with E-state index in [0.29, 0.717) is 28.6 Å². The molecule has 1 atom stereocenters. The molecule has 2 aromatic rings. The highest BCUT2D eigenvalue weighted by atomic mass is 32.2. The van der Waals surface area contributed by atoms with E-state index in [1.54, 1.807) is 24.3 Å². The fourth-order valence-corrected chi connectivity index (χ4v) is 5.22. The van der Waals surface area contributed by atoms with Crippen LogP contribution in [-0.4, -0.2) is 46.0 Å². The number of sulfone groups is 1. The topological polar surface area (TPSA) is 111 Å². The number of carbonyl (C=O) groups excluding carboxylic acids is 2. The van der Waals surface area contributed by atoms with Gasteiger partial charge in [-0.1, -0.05) is 6.92 Å². The number of thioether (sulfide) groups is 1. The normalized spacial score (nSPS) is 16.0. The number of nitrogens with one attached hydrogen (secondary N) is 2. The number of rotatable bonds is 7. The molecule has 0 spiro atoms. The van der Waals surface area contributed by atoms with Crippen molar-refractivity contribution in [3.8, 4) is 11.5 Å². The Balaban J connectivity index is 1.70. The molecule has 0 fully saturated rings. The van der Waals surface area contributed by atoms with Crippen LogP contribution in [0.5, 0.6) is 11.5 Å². The predicted molar refractivity (Wildman–Crippen MR) is 120 cm³/mol. The van der Waals surface area contributed by atoms with Crippen molar-refractivity contribution in [3.05, 3.63) is 36.4 Å². The standard InChI is InChI=1S/C21H24N2O6S2/c1-13-12-30-19-7-5-15(11-17(19)23-21(13)25)31(26,27)9-8-20(24)22-16-10-14(28-2)4-6-18(16)29-3/h4-7,10-11,13H,8-9,12H2,1-3H3,(H,22,24)(H,23,25)/t13-/m0/s1. The number of hydrogen-bond donors (Lipinski definition) is 2. The Hall–Kier alpha value is -2.72. The van der Waals surface area contributed by atoms with Gasteiger partial charge in [0.25, 0.3) is 0 Å². The molecule has 0 aliphatic carbocycles. The zero-order valence-electron chi connectivity index (χ0n) is 17.4. The summed E-state index contributed by atoms with van der Waals surface area (Å²) in [4.78, 5) is 25.3. The summed E-state index contributed by atoms with van der Waals surface area (Å²) in [7, 11) is -0.757. The Morgan fingerprint density at radius 2 is 1.97 bits per heavy atom. The van der Waals surface area contributed by atoms with E-state index in [1.807, 2.05) is 6.92 Å². The van der Waals surface area contributed by atoms with Crippen molar-refractivity contribution < 1.29 is 27.5 Å². The van der Waals surface area contributed by atoms with Gasteiger partial charge in [0, 0.05) is 29.1 Å². The first-order valence-electron chi connectivity index (χ1n) is 9.56. The monoisotopic (exact) mass is 464 g/mol. The number of fused-ring (bicyclic) bond motifs is 1. The van der Waals surface area contributed by atoms with Crippen molar-refractivity contribution >= 4 is 44.8 Å². The van der Waals surface area contributed by atoms with Crippen molar-refractivity contribution in [2.75, 3.05) is 36.4 Å². The fourth-order valence-electron chi connectivity index (χ4n) is 2.94. The van der Waals surface area contributed by atoms with Gasteiger partial charge in [-0.05, 0) is 30.3 Å². The van der Waals surface area contributed by atoms with Gasteiger partial charge < -0.3 is 20.1 Å². The number of anilines is 2. The van der Waals surface area contributed by atoms with Gasteiger partial charge in [0.1, 0.15) is 11.5 Å². The first-order valence-corrected chi connectivity index (χ1v) is 12.2. The first kappa shape index (κ1) is 23.0. The van der Waals surface area contributed by atoms with Crippen LogP contribution in [0.3, 0.4) is 0 Å². The zero-order valence-corrected chi connectivity index (χ0v) is 19.1. The third-order valence-corrected chi connectivity index (χ3v) is 7.83. The van der Waals surface area contributed by atoms with Gasteiger partial charge >= 0.3 is 0 Å². The highest BCUT2D eigenvalue weighted by Crippen LogP contribution is 2.34. The van der Waals surface area contributed by atoms with Gasteiger partial charge in [0.15, 0.2) is 9.84 Å². The summed E-state index contributed by atoms with van der Waals surface area (Å²) in [5.41, 5.74) is 0.870. The van der Waals surface area contributed by atoms with E-state index < -0.39 is 15.7 Å². The minimum absolute atomic E-state index is 0.0634. The van der Waals surface area contributed by atoms with Gasteiger partial charge in [0.05, 0.1) is 36.2 Å². The Morgan fingerprint density at radius 1 is 1.19 bits per heavy atom. The maximum Gasteiger partial charge on any atom is 0.228 e. The molecular weight excluding hydrogens is 440 g/mol. The Labute approximate surface area is 185 Å². The Bertz CT molecular complexity index is 1100. The molecule has 0 saturated carbocycles. The highest BCUT2D eigenvalue weighted by molar-refractivity contribution is 7.99.